The fraction of sp³-hybridized carbons (Fsp3) is 0.222. The van der Waals surface area contributed by atoms with Crippen molar-refractivity contribution in [2.45, 2.75) is 13.3 Å². The fourth-order valence-corrected chi connectivity index (χ4v) is 2.25. The summed E-state index contributed by atoms with van der Waals surface area (Å²) < 4.78 is 40.2. The predicted molar refractivity (Wildman–Crippen MR) is 90.3 cm³/mol. The van der Waals surface area contributed by atoms with Gasteiger partial charge in [0, 0.05) is 30.9 Å². The van der Waals surface area contributed by atoms with E-state index in [9.17, 15) is 22.8 Å². The highest BCUT2D eigenvalue weighted by molar-refractivity contribution is 6.06. The highest BCUT2D eigenvalue weighted by atomic mass is 19.4. The zero-order chi connectivity index (χ0) is 19.5. The Balaban J connectivity index is 2.17. The van der Waals surface area contributed by atoms with Crippen molar-refractivity contribution in [3.8, 4) is 5.75 Å². The van der Waals surface area contributed by atoms with Gasteiger partial charge < -0.3 is 15.0 Å². The molecule has 2 rings (SSSR count). The molecule has 0 aliphatic rings. The zero-order valence-electron chi connectivity index (χ0n) is 14.3. The number of benzene rings is 2. The molecule has 0 aliphatic carbocycles. The Labute approximate surface area is 148 Å². The lowest BCUT2D eigenvalue weighted by molar-refractivity contribution is -0.274. The second-order valence-electron chi connectivity index (χ2n) is 5.70. The van der Waals surface area contributed by atoms with Gasteiger partial charge in [-0.25, -0.2) is 0 Å². The normalized spacial score (nSPS) is 11.0. The zero-order valence-corrected chi connectivity index (χ0v) is 14.3. The standard InChI is InChI=1S/C18H17F3N2O3/c1-11-14(17(25)23(2)3)5-4-6-15(11)22-16(24)12-7-9-13(10-8-12)26-18(19,20)21/h4-10H,1-3H3,(H,22,24). The molecule has 0 fully saturated rings. The van der Waals surface area contributed by atoms with E-state index in [0.29, 0.717) is 16.8 Å². The number of ether oxygens (including phenoxy) is 1. The summed E-state index contributed by atoms with van der Waals surface area (Å²) in [6.45, 7) is 1.70. The first-order valence-electron chi connectivity index (χ1n) is 7.57. The Morgan fingerprint density at radius 2 is 1.65 bits per heavy atom. The molecular weight excluding hydrogens is 349 g/mol. The van der Waals surface area contributed by atoms with Crippen molar-refractivity contribution >= 4 is 17.5 Å². The van der Waals surface area contributed by atoms with Gasteiger partial charge in [0.05, 0.1) is 0 Å². The molecule has 0 saturated carbocycles. The van der Waals surface area contributed by atoms with Crippen molar-refractivity contribution in [1.82, 2.24) is 4.90 Å². The molecular formula is C18H17F3N2O3. The van der Waals surface area contributed by atoms with Crippen molar-refractivity contribution < 1.29 is 27.5 Å². The molecule has 0 atom stereocenters. The maximum Gasteiger partial charge on any atom is 0.573 e. The topological polar surface area (TPSA) is 58.6 Å². The third kappa shape index (κ3) is 4.75. The van der Waals surface area contributed by atoms with Crippen LogP contribution in [0, 0.1) is 6.92 Å². The van der Waals surface area contributed by atoms with Crippen LogP contribution < -0.4 is 10.1 Å². The molecule has 1 N–H and O–H groups in total. The molecule has 0 heterocycles. The number of amides is 2. The largest absolute Gasteiger partial charge is 0.573 e. The number of alkyl halides is 3. The van der Waals surface area contributed by atoms with Crippen LogP contribution in [0.15, 0.2) is 42.5 Å². The molecule has 0 spiro atoms. The molecule has 5 nitrogen and oxygen atoms in total. The predicted octanol–water partition coefficient (Wildman–Crippen LogP) is 3.85. The van der Waals surface area contributed by atoms with Gasteiger partial charge in [0.1, 0.15) is 5.75 Å². The average molecular weight is 366 g/mol. The minimum absolute atomic E-state index is 0.156. The van der Waals surface area contributed by atoms with Gasteiger partial charge in [-0.15, -0.1) is 13.2 Å². The molecule has 2 aromatic carbocycles. The molecule has 0 bridgehead atoms. The lowest BCUT2D eigenvalue weighted by Crippen LogP contribution is -2.23. The van der Waals surface area contributed by atoms with Gasteiger partial charge in [0.25, 0.3) is 11.8 Å². The van der Waals surface area contributed by atoms with Gasteiger partial charge in [0.15, 0.2) is 0 Å². The van der Waals surface area contributed by atoms with E-state index in [1.165, 1.54) is 17.0 Å². The Bertz CT molecular complexity index is 815. The third-order valence-corrected chi connectivity index (χ3v) is 3.57. The van der Waals surface area contributed by atoms with E-state index in [2.05, 4.69) is 10.1 Å². The van der Waals surface area contributed by atoms with Crippen molar-refractivity contribution in [2.75, 3.05) is 19.4 Å². The van der Waals surface area contributed by atoms with E-state index in [1.54, 1.807) is 39.2 Å². The minimum atomic E-state index is -4.79. The number of hydrogen-bond acceptors (Lipinski definition) is 3. The number of anilines is 1. The quantitative estimate of drug-likeness (QED) is 0.894. The molecule has 0 saturated heterocycles. The summed E-state index contributed by atoms with van der Waals surface area (Å²) >= 11 is 0. The van der Waals surface area contributed by atoms with Crippen molar-refractivity contribution in [3.05, 3.63) is 59.2 Å². The van der Waals surface area contributed by atoms with Gasteiger partial charge in [-0.2, -0.15) is 0 Å². The first kappa shape index (κ1) is 19.3. The van der Waals surface area contributed by atoms with Crippen LogP contribution in [0.3, 0.4) is 0 Å². The third-order valence-electron chi connectivity index (χ3n) is 3.57. The molecule has 0 unspecified atom stereocenters. The number of hydrogen-bond donors (Lipinski definition) is 1. The average Bonchev–Trinajstić information content (AvgIpc) is 2.55. The summed E-state index contributed by atoms with van der Waals surface area (Å²) in [5.41, 5.74) is 1.64. The van der Waals surface area contributed by atoms with Crippen LogP contribution in [0.25, 0.3) is 0 Å². The lowest BCUT2D eigenvalue weighted by atomic mass is 10.1. The Morgan fingerprint density at radius 3 is 2.19 bits per heavy atom. The van der Waals surface area contributed by atoms with Gasteiger partial charge >= 0.3 is 6.36 Å². The molecule has 0 aliphatic heterocycles. The van der Waals surface area contributed by atoms with Gasteiger partial charge in [-0.3, -0.25) is 9.59 Å². The van der Waals surface area contributed by atoms with Crippen molar-refractivity contribution in [1.29, 1.82) is 0 Å². The minimum Gasteiger partial charge on any atom is -0.406 e. The molecule has 138 valence electrons. The molecule has 2 amide bonds. The monoisotopic (exact) mass is 366 g/mol. The highest BCUT2D eigenvalue weighted by Gasteiger charge is 2.31. The molecule has 0 aromatic heterocycles. The van der Waals surface area contributed by atoms with E-state index in [1.807, 2.05) is 0 Å². The number of nitrogens with one attached hydrogen (secondary N) is 1. The second kappa shape index (κ2) is 7.47. The van der Waals surface area contributed by atoms with Crippen LogP contribution in [0.4, 0.5) is 18.9 Å². The van der Waals surface area contributed by atoms with Crippen LogP contribution in [0.2, 0.25) is 0 Å². The summed E-state index contributed by atoms with van der Waals surface area (Å²) in [6.07, 6.45) is -4.79. The maximum absolute atomic E-state index is 12.3. The van der Waals surface area contributed by atoms with E-state index in [4.69, 9.17) is 0 Å². The maximum atomic E-state index is 12.3. The van der Waals surface area contributed by atoms with Crippen LogP contribution in [-0.4, -0.2) is 37.2 Å². The first-order valence-corrected chi connectivity index (χ1v) is 7.57. The Hall–Kier alpha value is -3.03. The van der Waals surface area contributed by atoms with Crippen molar-refractivity contribution in [3.63, 3.8) is 0 Å². The molecule has 26 heavy (non-hydrogen) atoms. The summed E-state index contributed by atoms with van der Waals surface area (Å²) in [6, 6.07) is 9.49. The van der Waals surface area contributed by atoms with Crippen molar-refractivity contribution in [2.24, 2.45) is 0 Å². The summed E-state index contributed by atoms with van der Waals surface area (Å²) in [5, 5.41) is 2.66. The SMILES string of the molecule is Cc1c(NC(=O)c2ccc(OC(F)(F)F)cc2)cccc1C(=O)N(C)C. The number of carbonyl (C=O) groups excluding carboxylic acids is 2. The Kier molecular flexibility index (Phi) is 5.54. The number of carbonyl (C=O) groups is 2. The number of rotatable bonds is 4. The van der Waals surface area contributed by atoms with Crippen LogP contribution in [-0.2, 0) is 0 Å². The number of nitrogens with zero attached hydrogens (tertiary/aromatic N) is 1. The fourth-order valence-electron chi connectivity index (χ4n) is 2.25. The van der Waals surface area contributed by atoms with E-state index < -0.39 is 18.0 Å². The molecule has 0 radical (unpaired) electrons. The molecule has 2 aromatic rings. The summed E-state index contributed by atoms with van der Waals surface area (Å²) in [7, 11) is 3.25. The molecule has 8 heteroatoms. The van der Waals surface area contributed by atoms with Gasteiger partial charge in [-0.05, 0) is 48.9 Å². The Morgan fingerprint density at radius 1 is 1.04 bits per heavy atom. The van der Waals surface area contributed by atoms with Crippen LogP contribution in [0.1, 0.15) is 26.3 Å². The summed E-state index contributed by atoms with van der Waals surface area (Å²) in [4.78, 5) is 25.9. The second-order valence-corrected chi connectivity index (χ2v) is 5.70. The van der Waals surface area contributed by atoms with Crippen LogP contribution in [0.5, 0.6) is 5.75 Å². The lowest BCUT2D eigenvalue weighted by Gasteiger charge is -2.15. The van der Waals surface area contributed by atoms with Crippen LogP contribution >= 0.6 is 0 Å². The van der Waals surface area contributed by atoms with Gasteiger partial charge in [0.2, 0.25) is 0 Å². The highest BCUT2D eigenvalue weighted by Crippen LogP contribution is 2.24. The van der Waals surface area contributed by atoms with E-state index in [0.717, 1.165) is 12.1 Å². The smallest absolute Gasteiger partial charge is 0.406 e. The first-order chi connectivity index (χ1) is 12.1. The summed E-state index contributed by atoms with van der Waals surface area (Å²) in [5.74, 6) is -1.13. The van der Waals surface area contributed by atoms with E-state index in [-0.39, 0.29) is 11.5 Å². The van der Waals surface area contributed by atoms with E-state index >= 15 is 0 Å². The number of halogens is 3. The van der Waals surface area contributed by atoms with Gasteiger partial charge in [-0.1, -0.05) is 6.07 Å².